The van der Waals surface area contributed by atoms with E-state index in [1.165, 1.54) is 35.2 Å². The van der Waals surface area contributed by atoms with Gasteiger partial charge in [-0.15, -0.1) is 0 Å². The van der Waals surface area contributed by atoms with Gasteiger partial charge in [-0.25, -0.2) is 13.8 Å². The summed E-state index contributed by atoms with van der Waals surface area (Å²) in [6.45, 7) is 0.804. The minimum Gasteiger partial charge on any atom is -0.384 e. The number of hydrogen-bond acceptors (Lipinski definition) is 4. The average Bonchev–Trinajstić information content (AvgIpc) is 3.45. The number of pyridine rings is 1. The average molecular weight is 473 g/mol. The fourth-order valence-corrected chi connectivity index (χ4v) is 5.29. The van der Waals surface area contributed by atoms with E-state index in [2.05, 4.69) is 9.97 Å². The van der Waals surface area contributed by atoms with Crippen molar-refractivity contribution in [1.29, 1.82) is 0 Å². The summed E-state index contributed by atoms with van der Waals surface area (Å²) in [5, 5.41) is 0. The van der Waals surface area contributed by atoms with E-state index in [9.17, 15) is 18.4 Å². The molecular formula is C26H21F2N5O2. The van der Waals surface area contributed by atoms with Crippen LogP contribution in [0.25, 0.3) is 11.0 Å². The summed E-state index contributed by atoms with van der Waals surface area (Å²) in [4.78, 5) is 38.2. The molecular weight excluding hydrogens is 452 g/mol. The fraction of sp³-hybridized carbons (Fsp3) is 0.192. The second-order valence-corrected chi connectivity index (χ2v) is 9.01. The van der Waals surface area contributed by atoms with Crippen LogP contribution in [0.5, 0.6) is 0 Å². The number of nitrogens with one attached hydrogen (secondary N) is 1. The summed E-state index contributed by atoms with van der Waals surface area (Å²) in [5.74, 6) is -1.15. The Hall–Kier alpha value is -4.27. The number of nitrogen functional groups attached to an aromatic ring is 1. The highest BCUT2D eigenvalue weighted by Gasteiger charge is 2.59. The standard InChI is InChI=1S/C26H21F2N5O2/c27-16-3-1-15(2-4-16)13-32-10-9-26(25(32)35)20-6-5-17(28)11-19(20)24(34)33(26)14-18-12-22-21(30-18)7-8-23(29)31-22/h1-8,11-12,30H,9-10,13-14H2,(H2,29,31)/t26-/m0/s1. The zero-order valence-corrected chi connectivity index (χ0v) is 18.6. The Labute approximate surface area is 199 Å². The zero-order chi connectivity index (χ0) is 24.3. The highest BCUT2D eigenvalue weighted by atomic mass is 19.1. The molecule has 1 atom stereocenters. The van der Waals surface area contributed by atoms with Crippen LogP contribution >= 0.6 is 0 Å². The molecule has 176 valence electrons. The summed E-state index contributed by atoms with van der Waals surface area (Å²) in [7, 11) is 0. The lowest BCUT2D eigenvalue weighted by Gasteiger charge is -2.34. The van der Waals surface area contributed by atoms with Crippen LogP contribution in [0.4, 0.5) is 14.6 Å². The van der Waals surface area contributed by atoms with Crippen LogP contribution in [0.3, 0.4) is 0 Å². The summed E-state index contributed by atoms with van der Waals surface area (Å²) in [6, 6.07) is 15.3. The Balaban J connectivity index is 1.39. The van der Waals surface area contributed by atoms with E-state index < -0.39 is 17.3 Å². The number of amides is 2. The number of H-pyrrole nitrogens is 1. The molecule has 0 unspecified atom stereocenters. The molecule has 1 fully saturated rings. The van der Waals surface area contributed by atoms with Crippen molar-refractivity contribution in [3.05, 3.63) is 94.7 Å². The molecule has 2 aromatic heterocycles. The molecule has 4 heterocycles. The molecule has 1 spiro atoms. The van der Waals surface area contributed by atoms with Crippen LogP contribution in [0.2, 0.25) is 0 Å². The number of benzene rings is 2. The van der Waals surface area contributed by atoms with Crippen LogP contribution < -0.4 is 5.73 Å². The third-order valence-electron chi connectivity index (χ3n) is 6.92. The minimum absolute atomic E-state index is 0.113. The van der Waals surface area contributed by atoms with E-state index in [1.807, 2.05) is 0 Å². The number of fused-ring (bicyclic) bond motifs is 3. The van der Waals surface area contributed by atoms with Gasteiger partial charge in [0.15, 0.2) is 0 Å². The molecule has 4 aromatic rings. The lowest BCUT2D eigenvalue weighted by atomic mass is 9.87. The van der Waals surface area contributed by atoms with E-state index in [0.29, 0.717) is 35.6 Å². The van der Waals surface area contributed by atoms with Crippen LogP contribution in [0, 0.1) is 11.6 Å². The number of likely N-dealkylation sites (tertiary alicyclic amines) is 1. The first-order chi connectivity index (χ1) is 16.8. The Morgan fingerprint density at radius 3 is 2.54 bits per heavy atom. The number of halogens is 2. The van der Waals surface area contributed by atoms with E-state index in [1.54, 1.807) is 35.2 Å². The summed E-state index contributed by atoms with van der Waals surface area (Å²) in [6.07, 6.45) is 0.364. The first-order valence-electron chi connectivity index (χ1n) is 11.2. The van der Waals surface area contributed by atoms with Crippen molar-refractivity contribution in [3.63, 3.8) is 0 Å². The SMILES string of the molecule is Nc1ccc2[nH]c(CN3C(=O)c4cc(F)ccc4[C@]34CCN(Cc3ccc(F)cc3)C4=O)cc2n1. The number of aromatic amines is 1. The lowest BCUT2D eigenvalue weighted by molar-refractivity contribution is -0.137. The monoisotopic (exact) mass is 473 g/mol. The summed E-state index contributed by atoms with van der Waals surface area (Å²) < 4.78 is 27.5. The highest BCUT2D eigenvalue weighted by Crippen LogP contribution is 2.47. The maximum Gasteiger partial charge on any atom is 0.255 e. The van der Waals surface area contributed by atoms with Crippen molar-refractivity contribution < 1.29 is 18.4 Å². The first-order valence-corrected chi connectivity index (χ1v) is 11.2. The second-order valence-electron chi connectivity index (χ2n) is 9.01. The number of rotatable bonds is 4. The molecule has 3 N–H and O–H groups in total. The van der Waals surface area contributed by atoms with Gasteiger partial charge < -0.3 is 20.5 Å². The molecule has 2 amide bonds. The van der Waals surface area contributed by atoms with E-state index >= 15 is 0 Å². The van der Waals surface area contributed by atoms with Crippen molar-refractivity contribution in [2.45, 2.75) is 25.0 Å². The topological polar surface area (TPSA) is 95.3 Å². The van der Waals surface area contributed by atoms with Crippen LogP contribution in [-0.4, -0.2) is 38.1 Å². The predicted molar refractivity (Wildman–Crippen MR) is 125 cm³/mol. The molecule has 6 rings (SSSR count). The molecule has 7 nitrogen and oxygen atoms in total. The summed E-state index contributed by atoms with van der Waals surface area (Å²) >= 11 is 0. The quantitative estimate of drug-likeness (QED) is 0.473. The minimum atomic E-state index is -1.25. The van der Waals surface area contributed by atoms with E-state index in [4.69, 9.17) is 5.73 Å². The van der Waals surface area contributed by atoms with E-state index in [-0.39, 0.29) is 30.4 Å². The Bertz CT molecular complexity index is 1500. The smallest absolute Gasteiger partial charge is 0.255 e. The first kappa shape index (κ1) is 21.3. The van der Waals surface area contributed by atoms with Gasteiger partial charge in [-0.2, -0.15) is 0 Å². The van der Waals surface area contributed by atoms with Crippen LogP contribution in [0.1, 0.15) is 33.6 Å². The van der Waals surface area contributed by atoms with Crippen molar-refractivity contribution in [2.75, 3.05) is 12.3 Å². The highest BCUT2D eigenvalue weighted by molar-refractivity contribution is 6.07. The Kier molecular flexibility index (Phi) is 4.64. The molecule has 1 saturated heterocycles. The van der Waals surface area contributed by atoms with Gasteiger partial charge in [0, 0.05) is 36.3 Å². The predicted octanol–water partition coefficient (Wildman–Crippen LogP) is 3.71. The van der Waals surface area contributed by atoms with Gasteiger partial charge in [0.05, 0.1) is 17.6 Å². The number of carbonyl (C=O) groups is 2. The number of carbonyl (C=O) groups excluding carboxylic acids is 2. The van der Waals surface area contributed by atoms with Gasteiger partial charge in [0.25, 0.3) is 11.8 Å². The van der Waals surface area contributed by atoms with Crippen molar-refractivity contribution in [2.24, 2.45) is 0 Å². The second kappa shape index (κ2) is 7.63. The molecule has 2 aliphatic rings. The maximum atomic E-state index is 14.1. The number of nitrogens with two attached hydrogens (primary N) is 1. The number of hydrogen-bond donors (Lipinski definition) is 2. The number of anilines is 1. The lowest BCUT2D eigenvalue weighted by Crippen LogP contribution is -2.49. The third-order valence-corrected chi connectivity index (χ3v) is 6.92. The van der Waals surface area contributed by atoms with Crippen molar-refractivity contribution in [1.82, 2.24) is 19.8 Å². The van der Waals surface area contributed by atoms with Gasteiger partial charge in [-0.3, -0.25) is 9.59 Å². The number of aromatic nitrogens is 2. The van der Waals surface area contributed by atoms with Gasteiger partial charge >= 0.3 is 0 Å². The largest absolute Gasteiger partial charge is 0.384 e. The Morgan fingerprint density at radius 2 is 1.74 bits per heavy atom. The number of nitrogens with zero attached hydrogens (tertiary/aromatic N) is 3. The molecule has 2 aliphatic heterocycles. The normalized spacial score (nSPS) is 19.4. The van der Waals surface area contributed by atoms with E-state index in [0.717, 1.165) is 11.1 Å². The van der Waals surface area contributed by atoms with Gasteiger partial charge in [0.2, 0.25) is 0 Å². The molecule has 35 heavy (non-hydrogen) atoms. The van der Waals surface area contributed by atoms with Crippen LogP contribution in [0.15, 0.2) is 60.7 Å². The maximum absolute atomic E-state index is 14.1. The third kappa shape index (κ3) is 3.26. The molecule has 9 heteroatoms. The Morgan fingerprint density at radius 1 is 0.971 bits per heavy atom. The molecule has 0 bridgehead atoms. The van der Waals surface area contributed by atoms with Gasteiger partial charge in [0.1, 0.15) is 23.0 Å². The fourth-order valence-electron chi connectivity index (χ4n) is 5.29. The van der Waals surface area contributed by atoms with Gasteiger partial charge in [-0.05, 0) is 48.0 Å². The summed E-state index contributed by atoms with van der Waals surface area (Å²) in [5.41, 5.74) is 8.13. The van der Waals surface area contributed by atoms with Gasteiger partial charge in [-0.1, -0.05) is 18.2 Å². The molecule has 0 saturated carbocycles. The van der Waals surface area contributed by atoms with Crippen molar-refractivity contribution in [3.8, 4) is 0 Å². The molecule has 0 radical (unpaired) electrons. The zero-order valence-electron chi connectivity index (χ0n) is 18.6. The van der Waals surface area contributed by atoms with Crippen molar-refractivity contribution >= 4 is 28.7 Å². The molecule has 0 aliphatic carbocycles. The molecule has 2 aromatic carbocycles. The van der Waals surface area contributed by atoms with Crippen LogP contribution in [-0.2, 0) is 23.4 Å².